The van der Waals surface area contributed by atoms with E-state index in [1.807, 2.05) is 60.7 Å². The highest BCUT2D eigenvalue weighted by molar-refractivity contribution is 7.80. The normalized spacial score (nSPS) is 10.2. The number of para-hydroxylation sites is 3. The zero-order valence-corrected chi connectivity index (χ0v) is 18.3. The van der Waals surface area contributed by atoms with Gasteiger partial charge in [0, 0.05) is 0 Å². The highest BCUT2D eigenvalue weighted by Gasteiger charge is 2.14. The van der Waals surface area contributed by atoms with E-state index in [1.165, 1.54) is 0 Å². The van der Waals surface area contributed by atoms with Crippen molar-refractivity contribution >= 4 is 28.9 Å². The highest BCUT2D eigenvalue weighted by atomic mass is 32.1. The van der Waals surface area contributed by atoms with Crippen LogP contribution in [0, 0.1) is 0 Å². The van der Waals surface area contributed by atoms with Gasteiger partial charge in [0.15, 0.2) is 5.11 Å². The lowest BCUT2D eigenvalue weighted by Gasteiger charge is -2.15. The molecule has 6 heteroatoms. The fourth-order valence-corrected chi connectivity index (χ4v) is 3.06. The lowest BCUT2D eigenvalue weighted by Crippen LogP contribution is -2.34. The SMILES string of the molecule is CCCCOc1ccccc1C(=O)NC(=S)Nc1ccccc1OCc1ccccc1. The van der Waals surface area contributed by atoms with Crippen LogP contribution in [0.25, 0.3) is 0 Å². The largest absolute Gasteiger partial charge is 0.493 e. The van der Waals surface area contributed by atoms with Crippen LogP contribution < -0.4 is 20.1 Å². The smallest absolute Gasteiger partial charge is 0.261 e. The first-order chi connectivity index (χ1) is 15.2. The summed E-state index contributed by atoms with van der Waals surface area (Å²) in [5, 5.41) is 5.96. The zero-order chi connectivity index (χ0) is 21.9. The number of unbranched alkanes of at least 4 members (excludes halogenated alkanes) is 1. The first kappa shape index (κ1) is 22.3. The number of anilines is 1. The summed E-state index contributed by atoms with van der Waals surface area (Å²) < 4.78 is 11.7. The van der Waals surface area contributed by atoms with Gasteiger partial charge in [0.25, 0.3) is 5.91 Å². The molecule has 160 valence electrons. The molecule has 0 aliphatic carbocycles. The average molecular weight is 435 g/mol. The van der Waals surface area contributed by atoms with Crippen LogP contribution in [0.1, 0.15) is 35.7 Å². The van der Waals surface area contributed by atoms with E-state index in [-0.39, 0.29) is 11.0 Å². The van der Waals surface area contributed by atoms with Gasteiger partial charge in [-0.1, -0.05) is 67.9 Å². The molecule has 3 rings (SSSR count). The molecule has 3 aromatic carbocycles. The topological polar surface area (TPSA) is 59.6 Å². The molecular weight excluding hydrogens is 408 g/mol. The molecule has 0 fully saturated rings. The Bertz CT molecular complexity index is 1010. The van der Waals surface area contributed by atoms with Crippen LogP contribution in [0.2, 0.25) is 0 Å². The van der Waals surface area contributed by atoms with Crippen molar-refractivity contribution in [3.8, 4) is 11.5 Å². The van der Waals surface area contributed by atoms with Gasteiger partial charge in [0.05, 0.1) is 17.9 Å². The van der Waals surface area contributed by atoms with E-state index in [0.29, 0.717) is 36.0 Å². The maximum absolute atomic E-state index is 12.7. The van der Waals surface area contributed by atoms with E-state index >= 15 is 0 Å². The highest BCUT2D eigenvalue weighted by Crippen LogP contribution is 2.25. The Morgan fingerprint density at radius 3 is 2.32 bits per heavy atom. The summed E-state index contributed by atoms with van der Waals surface area (Å²) in [6.45, 7) is 3.09. The van der Waals surface area contributed by atoms with Gasteiger partial charge in [-0.05, 0) is 48.5 Å². The monoisotopic (exact) mass is 434 g/mol. The van der Waals surface area contributed by atoms with Crippen LogP contribution in [-0.2, 0) is 6.61 Å². The van der Waals surface area contributed by atoms with E-state index in [9.17, 15) is 4.79 Å². The minimum absolute atomic E-state index is 0.184. The third-order valence-corrected chi connectivity index (χ3v) is 4.69. The van der Waals surface area contributed by atoms with Gasteiger partial charge in [-0.15, -0.1) is 0 Å². The molecule has 0 atom stereocenters. The molecule has 31 heavy (non-hydrogen) atoms. The summed E-state index contributed by atoms with van der Waals surface area (Å²) in [7, 11) is 0. The first-order valence-electron chi connectivity index (χ1n) is 10.3. The quantitative estimate of drug-likeness (QED) is 0.340. The molecule has 0 aromatic heterocycles. The molecule has 0 aliphatic rings. The lowest BCUT2D eigenvalue weighted by atomic mass is 10.2. The number of hydrogen-bond donors (Lipinski definition) is 2. The van der Waals surface area contributed by atoms with E-state index in [2.05, 4.69) is 17.6 Å². The van der Waals surface area contributed by atoms with E-state index in [0.717, 1.165) is 18.4 Å². The second-order valence-electron chi connectivity index (χ2n) is 6.88. The molecule has 1 amide bonds. The van der Waals surface area contributed by atoms with Gasteiger partial charge in [0.1, 0.15) is 18.1 Å². The van der Waals surface area contributed by atoms with Crippen molar-refractivity contribution in [2.75, 3.05) is 11.9 Å². The Morgan fingerprint density at radius 1 is 0.871 bits per heavy atom. The van der Waals surface area contributed by atoms with Crippen LogP contribution in [0.3, 0.4) is 0 Å². The van der Waals surface area contributed by atoms with Crippen molar-refractivity contribution in [1.82, 2.24) is 5.32 Å². The van der Waals surface area contributed by atoms with Crippen molar-refractivity contribution in [3.63, 3.8) is 0 Å². The third-order valence-electron chi connectivity index (χ3n) is 4.49. The Kier molecular flexibility index (Phi) is 8.43. The molecule has 0 heterocycles. The summed E-state index contributed by atoms with van der Waals surface area (Å²) in [6, 6.07) is 24.5. The summed E-state index contributed by atoms with van der Waals surface area (Å²) in [5.41, 5.74) is 2.18. The number of rotatable bonds is 9. The molecule has 0 unspecified atom stereocenters. The Hall–Kier alpha value is -3.38. The number of amides is 1. The maximum Gasteiger partial charge on any atom is 0.261 e. The molecule has 2 N–H and O–H groups in total. The van der Waals surface area contributed by atoms with Crippen molar-refractivity contribution < 1.29 is 14.3 Å². The van der Waals surface area contributed by atoms with E-state index in [1.54, 1.807) is 18.2 Å². The second kappa shape index (κ2) is 11.7. The number of ether oxygens (including phenoxy) is 2. The van der Waals surface area contributed by atoms with Gasteiger partial charge in [-0.2, -0.15) is 0 Å². The molecule has 0 saturated carbocycles. The van der Waals surface area contributed by atoms with Crippen molar-refractivity contribution in [2.24, 2.45) is 0 Å². The number of benzene rings is 3. The zero-order valence-electron chi connectivity index (χ0n) is 17.5. The number of hydrogen-bond acceptors (Lipinski definition) is 4. The van der Waals surface area contributed by atoms with Crippen molar-refractivity contribution in [1.29, 1.82) is 0 Å². The molecule has 3 aromatic rings. The van der Waals surface area contributed by atoms with Gasteiger partial charge < -0.3 is 14.8 Å². The molecule has 0 saturated heterocycles. The predicted molar refractivity (Wildman–Crippen MR) is 128 cm³/mol. The molecule has 0 spiro atoms. The number of carbonyl (C=O) groups excluding carboxylic acids is 1. The Balaban J connectivity index is 1.62. The second-order valence-corrected chi connectivity index (χ2v) is 7.29. The first-order valence-corrected chi connectivity index (χ1v) is 10.7. The summed E-state index contributed by atoms with van der Waals surface area (Å²) in [5.74, 6) is 0.862. The molecule has 5 nitrogen and oxygen atoms in total. The van der Waals surface area contributed by atoms with Crippen molar-refractivity contribution in [3.05, 3.63) is 90.0 Å². The van der Waals surface area contributed by atoms with E-state index < -0.39 is 0 Å². The molecular formula is C25H26N2O3S. The molecule has 0 radical (unpaired) electrons. The summed E-state index contributed by atoms with van der Waals surface area (Å²) in [6.07, 6.45) is 1.95. The molecule has 0 bridgehead atoms. The van der Waals surface area contributed by atoms with Gasteiger partial charge in [0.2, 0.25) is 0 Å². The van der Waals surface area contributed by atoms with E-state index in [4.69, 9.17) is 21.7 Å². The summed E-state index contributed by atoms with van der Waals surface area (Å²) in [4.78, 5) is 12.7. The van der Waals surface area contributed by atoms with Gasteiger partial charge in [-0.25, -0.2) is 0 Å². The van der Waals surface area contributed by atoms with Crippen LogP contribution >= 0.6 is 12.2 Å². The molecule has 0 aliphatic heterocycles. The fraction of sp³-hybridized carbons (Fsp3) is 0.200. The Morgan fingerprint density at radius 2 is 1.55 bits per heavy atom. The van der Waals surface area contributed by atoms with Crippen LogP contribution in [0.5, 0.6) is 11.5 Å². The minimum atomic E-state index is -0.327. The van der Waals surface area contributed by atoms with Gasteiger partial charge in [-0.3, -0.25) is 10.1 Å². The standard InChI is InChI=1S/C25H26N2O3S/c1-2-3-17-29-22-15-9-7-13-20(22)24(28)27-25(31)26-21-14-8-10-16-23(21)30-18-19-11-5-4-6-12-19/h4-16H,2-3,17-18H2,1H3,(H2,26,27,28,31). The predicted octanol–water partition coefficient (Wildman–Crippen LogP) is 5.57. The van der Waals surface area contributed by atoms with Crippen LogP contribution in [-0.4, -0.2) is 17.6 Å². The Labute approximate surface area is 188 Å². The summed E-state index contributed by atoms with van der Waals surface area (Å²) >= 11 is 5.36. The number of thiocarbonyl (C=S) groups is 1. The van der Waals surface area contributed by atoms with Crippen LogP contribution in [0.15, 0.2) is 78.9 Å². The third kappa shape index (κ3) is 6.83. The lowest BCUT2D eigenvalue weighted by molar-refractivity contribution is 0.0973. The average Bonchev–Trinajstić information content (AvgIpc) is 2.79. The van der Waals surface area contributed by atoms with Crippen molar-refractivity contribution in [2.45, 2.75) is 26.4 Å². The van der Waals surface area contributed by atoms with Crippen LogP contribution in [0.4, 0.5) is 5.69 Å². The van der Waals surface area contributed by atoms with Gasteiger partial charge >= 0.3 is 0 Å². The number of carbonyl (C=O) groups is 1. The number of nitrogens with one attached hydrogen (secondary N) is 2. The fourth-order valence-electron chi connectivity index (χ4n) is 2.86. The maximum atomic E-state index is 12.7. The minimum Gasteiger partial charge on any atom is -0.493 e.